The number of hydrogen-bond donors (Lipinski definition) is 2. The molecule has 29 heavy (non-hydrogen) atoms. The van der Waals surface area contributed by atoms with Crippen LogP contribution < -0.4 is 10.9 Å². The molecule has 0 spiro atoms. The van der Waals surface area contributed by atoms with Crippen molar-refractivity contribution in [3.05, 3.63) is 94.3 Å². The van der Waals surface area contributed by atoms with Crippen LogP contribution >= 0.6 is 0 Å². The van der Waals surface area contributed by atoms with Gasteiger partial charge in [0.25, 0.3) is 5.56 Å². The average Bonchev–Trinajstić information content (AvgIpc) is 2.72. The van der Waals surface area contributed by atoms with Gasteiger partial charge in [-0.15, -0.1) is 0 Å². The summed E-state index contributed by atoms with van der Waals surface area (Å²) in [5.41, 5.74) is 2.16. The Morgan fingerprint density at radius 2 is 1.69 bits per heavy atom. The normalized spacial score (nSPS) is 11.6. The third-order valence-corrected chi connectivity index (χ3v) is 4.52. The fraction of sp³-hybridized carbons (Fsp3) is 0.0909. The van der Waals surface area contributed by atoms with Crippen molar-refractivity contribution in [1.29, 1.82) is 0 Å². The Hall–Kier alpha value is -3.61. The van der Waals surface area contributed by atoms with Crippen molar-refractivity contribution in [1.82, 2.24) is 9.97 Å². The second-order valence-electron chi connectivity index (χ2n) is 6.53. The number of nitrogens with zero attached hydrogens (tertiary/aromatic N) is 1. The molecule has 0 unspecified atom stereocenters. The number of halogens is 3. The standard InChI is InChI=1S/C22H16F3N3O/c23-22(24,25)15-7-5-6-14(12-15)13-26-17-9-2-1-8-16(17)20-21(29)28-19-11-4-3-10-18(19)27-20/h1-12,26H,13H2,(H,28,29). The van der Waals surface area contributed by atoms with E-state index in [0.29, 0.717) is 27.8 Å². The summed E-state index contributed by atoms with van der Waals surface area (Å²) in [5.74, 6) is 0. The molecule has 0 aliphatic carbocycles. The first-order valence-corrected chi connectivity index (χ1v) is 8.90. The second-order valence-corrected chi connectivity index (χ2v) is 6.53. The summed E-state index contributed by atoms with van der Waals surface area (Å²) in [4.78, 5) is 19.8. The molecule has 4 rings (SSSR count). The van der Waals surface area contributed by atoms with E-state index < -0.39 is 11.7 Å². The molecular weight excluding hydrogens is 379 g/mol. The molecule has 0 atom stereocenters. The molecule has 1 heterocycles. The van der Waals surface area contributed by atoms with E-state index in [-0.39, 0.29) is 17.8 Å². The van der Waals surface area contributed by atoms with Gasteiger partial charge in [-0.05, 0) is 35.9 Å². The summed E-state index contributed by atoms with van der Waals surface area (Å²) in [6.45, 7) is 0.173. The molecule has 2 N–H and O–H groups in total. The first kappa shape index (κ1) is 18.7. The van der Waals surface area contributed by atoms with Gasteiger partial charge in [0.15, 0.2) is 0 Å². The lowest BCUT2D eigenvalue weighted by Gasteiger charge is -2.13. The summed E-state index contributed by atoms with van der Waals surface area (Å²) < 4.78 is 38.8. The van der Waals surface area contributed by atoms with E-state index in [1.165, 1.54) is 6.07 Å². The van der Waals surface area contributed by atoms with Crippen molar-refractivity contribution in [2.75, 3.05) is 5.32 Å². The Morgan fingerprint density at radius 3 is 2.52 bits per heavy atom. The molecule has 0 radical (unpaired) electrons. The van der Waals surface area contributed by atoms with E-state index in [9.17, 15) is 18.0 Å². The number of benzene rings is 3. The molecule has 146 valence electrons. The van der Waals surface area contributed by atoms with Crippen molar-refractivity contribution in [2.45, 2.75) is 12.7 Å². The minimum atomic E-state index is -4.39. The van der Waals surface area contributed by atoms with Crippen molar-refractivity contribution < 1.29 is 13.2 Å². The fourth-order valence-corrected chi connectivity index (χ4v) is 3.11. The minimum absolute atomic E-state index is 0.173. The van der Waals surface area contributed by atoms with Crippen LogP contribution in [0.3, 0.4) is 0 Å². The van der Waals surface area contributed by atoms with Crippen LogP contribution in [0.5, 0.6) is 0 Å². The zero-order valence-electron chi connectivity index (χ0n) is 15.1. The number of H-pyrrole nitrogens is 1. The Balaban J connectivity index is 1.67. The van der Waals surface area contributed by atoms with Crippen LogP contribution in [0.1, 0.15) is 11.1 Å². The molecule has 0 amide bonds. The molecule has 7 heteroatoms. The Bertz CT molecular complexity index is 1230. The van der Waals surface area contributed by atoms with Crippen LogP contribution in [-0.4, -0.2) is 9.97 Å². The highest BCUT2D eigenvalue weighted by atomic mass is 19.4. The van der Waals surface area contributed by atoms with Gasteiger partial charge in [-0.3, -0.25) is 4.79 Å². The van der Waals surface area contributed by atoms with Crippen LogP contribution in [-0.2, 0) is 12.7 Å². The fourth-order valence-electron chi connectivity index (χ4n) is 3.11. The van der Waals surface area contributed by atoms with Gasteiger partial charge in [-0.25, -0.2) is 4.98 Å². The third kappa shape index (κ3) is 3.99. The molecule has 0 saturated heterocycles. The number of aromatic amines is 1. The predicted octanol–water partition coefficient (Wildman–Crippen LogP) is 5.22. The van der Waals surface area contributed by atoms with Crippen LogP contribution in [0.25, 0.3) is 22.3 Å². The molecule has 3 aromatic carbocycles. The Labute approximate surface area is 164 Å². The summed E-state index contributed by atoms with van der Waals surface area (Å²) in [6.07, 6.45) is -4.39. The zero-order chi connectivity index (χ0) is 20.4. The predicted molar refractivity (Wildman–Crippen MR) is 107 cm³/mol. The van der Waals surface area contributed by atoms with E-state index in [1.807, 2.05) is 12.1 Å². The summed E-state index contributed by atoms with van der Waals surface area (Å²) in [5, 5.41) is 3.12. The largest absolute Gasteiger partial charge is 0.416 e. The Morgan fingerprint density at radius 1 is 0.931 bits per heavy atom. The van der Waals surface area contributed by atoms with Crippen LogP contribution in [0.4, 0.5) is 18.9 Å². The number of para-hydroxylation sites is 3. The molecule has 1 aromatic heterocycles. The zero-order valence-corrected chi connectivity index (χ0v) is 15.1. The number of nitrogens with one attached hydrogen (secondary N) is 2. The lowest BCUT2D eigenvalue weighted by atomic mass is 10.1. The van der Waals surface area contributed by atoms with E-state index in [4.69, 9.17) is 0 Å². The van der Waals surface area contributed by atoms with Crippen LogP contribution in [0.2, 0.25) is 0 Å². The monoisotopic (exact) mass is 395 g/mol. The summed E-state index contributed by atoms with van der Waals surface area (Å²) in [6, 6.07) is 19.4. The molecule has 0 saturated carbocycles. The van der Waals surface area contributed by atoms with Crippen molar-refractivity contribution in [3.63, 3.8) is 0 Å². The highest BCUT2D eigenvalue weighted by molar-refractivity contribution is 5.81. The van der Waals surface area contributed by atoms with Gasteiger partial charge in [-0.2, -0.15) is 13.2 Å². The number of hydrogen-bond acceptors (Lipinski definition) is 3. The van der Waals surface area contributed by atoms with Gasteiger partial charge in [-0.1, -0.05) is 42.5 Å². The van der Waals surface area contributed by atoms with Gasteiger partial charge < -0.3 is 10.3 Å². The smallest absolute Gasteiger partial charge is 0.380 e. The SMILES string of the molecule is O=c1[nH]c2ccccc2nc1-c1ccccc1NCc1cccc(C(F)(F)F)c1. The summed E-state index contributed by atoms with van der Waals surface area (Å²) >= 11 is 0. The first-order valence-electron chi connectivity index (χ1n) is 8.90. The van der Waals surface area contributed by atoms with Crippen molar-refractivity contribution in [2.24, 2.45) is 0 Å². The number of aromatic nitrogens is 2. The number of rotatable bonds is 4. The number of fused-ring (bicyclic) bond motifs is 1. The Kier molecular flexibility index (Phi) is 4.80. The van der Waals surface area contributed by atoms with Crippen LogP contribution in [0.15, 0.2) is 77.6 Å². The molecule has 0 aliphatic rings. The highest BCUT2D eigenvalue weighted by Crippen LogP contribution is 2.30. The second kappa shape index (κ2) is 7.43. The number of anilines is 1. The van der Waals surface area contributed by atoms with E-state index in [1.54, 1.807) is 42.5 Å². The van der Waals surface area contributed by atoms with Gasteiger partial charge in [0, 0.05) is 17.8 Å². The average molecular weight is 395 g/mol. The van der Waals surface area contributed by atoms with Gasteiger partial charge >= 0.3 is 6.18 Å². The van der Waals surface area contributed by atoms with Crippen molar-refractivity contribution in [3.8, 4) is 11.3 Å². The van der Waals surface area contributed by atoms with Gasteiger partial charge in [0.2, 0.25) is 0 Å². The molecule has 0 fully saturated rings. The molecule has 0 aliphatic heterocycles. The third-order valence-electron chi connectivity index (χ3n) is 4.52. The van der Waals surface area contributed by atoms with E-state index in [2.05, 4.69) is 15.3 Å². The minimum Gasteiger partial charge on any atom is -0.380 e. The molecule has 4 nitrogen and oxygen atoms in total. The number of alkyl halides is 3. The maximum atomic E-state index is 12.9. The topological polar surface area (TPSA) is 57.8 Å². The van der Waals surface area contributed by atoms with Crippen molar-refractivity contribution >= 4 is 16.7 Å². The highest BCUT2D eigenvalue weighted by Gasteiger charge is 2.30. The van der Waals surface area contributed by atoms with Gasteiger partial charge in [0.05, 0.1) is 16.6 Å². The van der Waals surface area contributed by atoms with Gasteiger partial charge in [0.1, 0.15) is 5.69 Å². The van der Waals surface area contributed by atoms with E-state index in [0.717, 1.165) is 12.1 Å². The first-order chi connectivity index (χ1) is 13.9. The maximum absolute atomic E-state index is 12.9. The lowest BCUT2D eigenvalue weighted by Crippen LogP contribution is -2.13. The van der Waals surface area contributed by atoms with Crippen LogP contribution in [0, 0.1) is 0 Å². The lowest BCUT2D eigenvalue weighted by molar-refractivity contribution is -0.137. The summed E-state index contributed by atoms with van der Waals surface area (Å²) in [7, 11) is 0. The maximum Gasteiger partial charge on any atom is 0.416 e. The molecule has 4 aromatic rings. The van der Waals surface area contributed by atoms with E-state index >= 15 is 0 Å². The molecular formula is C22H16F3N3O. The quantitative estimate of drug-likeness (QED) is 0.498. The molecule has 0 bridgehead atoms.